The molecule has 0 spiro atoms. The quantitative estimate of drug-likeness (QED) is 0.776. The Labute approximate surface area is 142 Å². The number of nitrogens with one attached hydrogen (secondary N) is 1. The fraction of sp³-hybridized carbons (Fsp3) is 0.263. The second kappa shape index (κ2) is 5.46. The molecular formula is C19H20N2O2S. The highest BCUT2D eigenvalue weighted by atomic mass is 32.2. The van der Waals surface area contributed by atoms with Crippen molar-refractivity contribution in [1.29, 1.82) is 0 Å². The first-order valence-corrected chi connectivity index (χ1v) is 9.57. The summed E-state index contributed by atoms with van der Waals surface area (Å²) in [6.45, 7) is 4.75. The van der Waals surface area contributed by atoms with E-state index in [1.807, 2.05) is 44.2 Å². The van der Waals surface area contributed by atoms with E-state index in [9.17, 15) is 8.42 Å². The van der Waals surface area contributed by atoms with Gasteiger partial charge in [0.25, 0.3) is 0 Å². The van der Waals surface area contributed by atoms with E-state index in [0.717, 1.165) is 28.8 Å². The Morgan fingerprint density at radius 3 is 2.67 bits per heavy atom. The van der Waals surface area contributed by atoms with Crippen LogP contribution in [0.4, 0.5) is 0 Å². The van der Waals surface area contributed by atoms with Gasteiger partial charge in [-0.25, -0.2) is 8.42 Å². The van der Waals surface area contributed by atoms with Crippen molar-refractivity contribution in [2.75, 3.05) is 6.54 Å². The zero-order valence-corrected chi connectivity index (χ0v) is 14.7. The molecule has 4 rings (SSSR count). The fourth-order valence-electron chi connectivity index (χ4n) is 3.60. The number of H-pyrrole nitrogens is 1. The summed E-state index contributed by atoms with van der Waals surface area (Å²) in [4.78, 5) is 3.80. The molecule has 4 nitrogen and oxygen atoms in total. The number of aromatic nitrogens is 1. The standard InChI is InChI=1S/C19H20N2O2S/c1-13-7-8-19(14(2)11-13)24(22,23)21-10-9-16-15-5-3-4-6-17(15)20-18(16)12-21/h3-8,11,20H,9-10,12H2,1-2H3. The molecule has 3 aromatic rings. The molecule has 2 aromatic carbocycles. The number of aromatic amines is 1. The highest BCUT2D eigenvalue weighted by molar-refractivity contribution is 7.89. The Morgan fingerprint density at radius 2 is 1.88 bits per heavy atom. The first-order valence-electron chi connectivity index (χ1n) is 8.12. The van der Waals surface area contributed by atoms with Crippen LogP contribution in [0, 0.1) is 13.8 Å². The summed E-state index contributed by atoms with van der Waals surface area (Å²) in [7, 11) is -3.48. The molecule has 0 aliphatic carbocycles. The van der Waals surface area contributed by atoms with E-state index in [1.54, 1.807) is 10.4 Å². The largest absolute Gasteiger partial charge is 0.357 e. The van der Waals surface area contributed by atoms with Gasteiger partial charge in [-0.1, -0.05) is 35.9 Å². The highest BCUT2D eigenvalue weighted by Gasteiger charge is 2.30. The average Bonchev–Trinajstić information content (AvgIpc) is 2.92. The van der Waals surface area contributed by atoms with Gasteiger partial charge in [-0.2, -0.15) is 4.31 Å². The van der Waals surface area contributed by atoms with Gasteiger partial charge in [0.15, 0.2) is 0 Å². The lowest BCUT2D eigenvalue weighted by Crippen LogP contribution is -2.36. The number of nitrogens with zero attached hydrogens (tertiary/aromatic N) is 1. The van der Waals surface area contributed by atoms with Crippen molar-refractivity contribution in [2.45, 2.75) is 31.7 Å². The van der Waals surface area contributed by atoms with Crippen LogP contribution in [0.3, 0.4) is 0 Å². The van der Waals surface area contributed by atoms with E-state index in [1.165, 1.54) is 10.9 Å². The van der Waals surface area contributed by atoms with Gasteiger partial charge in [0.1, 0.15) is 0 Å². The number of hydrogen-bond donors (Lipinski definition) is 1. The predicted molar refractivity (Wildman–Crippen MR) is 95.5 cm³/mol. The Bertz CT molecular complexity index is 1030. The van der Waals surface area contributed by atoms with Crippen molar-refractivity contribution >= 4 is 20.9 Å². The van der Waals surface area contributed by atoms with Gasteiger partial charge in [-0.15, -0.1) is 0 Å². The zero-order chi connectivity index (χ0) is 16.9. The Morgan fingerprint density at radius 1 is 1.08 bits per heavy atom. The molecule has 1 aliphatic rings. The van der Waals surface area contributed by atoms with Crippen LogP contribution in [0.1, 0.15) is 22.4 Å². The van der Waals surface area contributed by atoms with Crippen molar-refractivity contribution in [2.24, 2.45) is 0 Å². The molecule has 5 heteroatoms. The SMILES string of the molecule is Cc1ccc(S(=O)(=O)N2CCc3c([nH]c4ccccc34)C2)c(C)c1. The lowest BCUT2D eigenvalue weighted by atomic mass is 10.1. The minimum atomic E-state index is -3.48. The van der Waals surface area contributed by atoms with Crippen molar-refractivity contribution in [3.05, 3.63) is 64.8 Å². The summed E-state index contributed by atoms with van der Waals surface area (Å²) >= 11 is 0. The van der Waals surface area contributed by atoms with Crippen molar-refractivity contribution < 1.29 is 8.42 Å². The number of benzene rings is 2. The normalized spacial score (nSPS) is 15.6. The molecule has 0 radical (unpaired) electrons. The molecule has 24 heavy (non-hydrogen) atoms. The molecule has 0 saturated carbocycles. The van der Waals surface area contributed by atoms with Crippen LogP contribution in [0.5, 0.6) is 0 Å². The predicted octanol–water partition coefficient (Wildman–Crippen LogP) is 3.53. The third-order valence-corrected chi connectivity index (χ3v) is 6.80. The maximum Gasteiger partial charge on any atom is 0.243 e. The van der Waals surface area contributed by atoms with Gasteiger partial charge < -0.3 is 4.98 Å². The third-order valence-electron chi connectivity index (χ3n) is 4.80. The summed E-state index contributed by atoms with van der Waals surface area (Å²) in [5, 5.41) is 1.20. The number of sulfonamides is 1. The summed E-state index contributed by atoms with van der Waals surface area (Å²) in [5.41, 5.74) is 5.21. The van der Waals surface area contributed by atoms with Crippen molar-refractivity contribution in [3.63, 3.8) is 0 Å². The molecule has 0 fully saturated rings. The van der Waals surface area contributed by atoms with Gasteiger partial charge in [0.2, 0.25) is 10.0 Å². The Kier molecular flexibility index (Phi) is 3.51. The molecule has 1 aliphatic heterocycles. The van der Waals surface area contributed by atoms with Crippen LogP contribution in [0.15, 0.2) is 47.4 Å². The van der Waals surface area contributed by atoms with Crippen LogP contribution in [-0.4, -0.2) is 24.3 Å². The van der Waals surface area contributed by atoms with Crippen LogP contribution in [0.2, 0.25) is 0 Å². The molecular weight excluding hydrogens is 320 g/mol. The summed E-state index contributed by atoms with van der Waals surface area (Å²) in [5.74, 6) is 0. The van der Waals surface area contributed by atoms with Crippen molar-refractivity contribution in [1.82, 2.24) is 9.29 Å². The van der Waals surface area contributed by atoms with Gasteiger partial charge in [-0.05, 0) is 43.5 Å². The number of fused-ring (bicyclic) bond motifs is 3. The third kappa shape index (κ3) is 2.36. The van der Waals surface area contributed by atoms with E-state index >= 15 is 0 Å². The maximum atomic E-state index is 13.1. The monoisotopic (exact) mass is 340 g/mol. The lowest BCUT2D eigenvalue weighted by molar-refractivity contribution is 0.388. The van der Waals surface area contributed by atoms with Gasteiger partial charge >= 0.3 is 0 Å². The Balaban J connectivity index is 1.73. The van der Waals surface area contributed by atoms with Gasteiger partial charge in [0, 0.05) is 23.1 Å². The van der Waals surface area contributed by atoms with Gasteiger partial charge in [-0.3, -0.25) is 0 Å². The van der Waals surface area contributed by atoms with E-state index in [2.05, 4.69) is 11.1 Å². The van der Waals surface area contributed by atoms with Crippen molar-refractivity contribution in [3.8, 4) is 0 Å². The fourth-order valence-corrected chi connectivity index (χ4v) is 5.22. The molecule has 1 N–H and O–H groups in total. The maximum absolute atomic E-state index is 13.1. The first kappa shape index (κ1) is 15.4. The van der Waals surface area contributed by atoms with E-state index < -0.39 is 10.0 Å². The Hall–Kier alpha value is -2.11. The molecule has 0 bridgehead atoms. The first-order chi connectivity index (χ1) is 11.5. The lowest BCUT2D eigenvalue weighted by Gasteiger charge is -2.27. The zero-order valence-electron chi connectivity index (χ0n) is 13.8. The van der Waals surface area contributed by atoms with Crippen LogP contribution < -0.4 is 0 Å². The summed E-state index contributed by atoms with van der Waals surface area (Å²) < 4.78 is 27.7. The molecule has 2 heterocycles. The molecule has 0 saturated heterocycles. The molecule has 1 aromatic heterocycles. The van der Waals surface area contributed by atoms with Gasteiger partial charge in [0.05, 0.1) is 11.4 Å². The number of aryl methyl sites for hydroxylation is 2. The van der Waals surface area contributed by atoms with Crippen LogP contribution in [-0.2, 0) is 23.0 Å². The molecule has 124 valence electrons. The topological polar surface area (TPSA) is 53.2 Å². The number of para-hydroxylation sites is 1. The minimum absolute atomic E-state index is 0.402. The summed E-state index contributed by atoms with van der Waals surface area (Å²) in [6, 6.07) is 13.7. The smallest absolute Gasteiger partial charge is 0.243 e. The van der Waals surface area contributed by atoms with E-state index in [-0.39, 0.29) is 0 Å². The second-order valence-electron chi connectivity index (χ2n) is 6.49. The molecule has 0 atom stereocenters. The summed E-state index contributed by atoms with van der Waals surface area (Å²) in [6.07, 6.45) is 0.740. The van der Waals surface area contributed by atoms with E-state index in [0.29, 0.717) is 18.0 Å². The minimum Gasteiger partial charge on any atom is -0.357 e. The van der Waals surface area contributed by atoms with Crippen LogP contribution in [0.25, 0.3) is 10.9 Å². The molecule has 0 unspecified atom stereocenters. The highest BCUT2D eigenvalue weighted by Crippen LogP contribution is 2.31. The average molecular weight is 340 g/mol. The van der Waals surface area contributed by atoms with Crippen LogP contribution >= 0.6 is 0 Å². The number of hydrogen-bond acceptors (Lipinski definition) is 2. The second-order valence-corrected chi connectivity index (χ2v) is 8.39. The number of rotatable bonds is 2. The molecule has 0 amide bonds. The van der Waals surface area contributed by atoms with E-state index in [4.69, 9.17) is 0 Å².